The minimum Gasteiger partial charge on any atom is -0.490 e. The molecule has 49 heavy (non-hydrogen) atoms. The molecule has 11 nitrogen and oxygen atoms in total. The Labute approximate surface area is 290 Å². The number of hydrogen-bond donors (Lipinski definition) is 0. The highest BCUT2D eigenvalue weighted by Gasteiger charge is 2.38. The van der Waals surface area contributed by atoms with Gasteiger partial charge in [-0.2, -0.15) is 23.3 Å². The van der Waals surface area contributed by atoms with Crippen molar-refractivity contribution in [2.24, 2.45) is 0 Å². The first-order valence-electron chi connectivity index (χ1n) is 16.3. The van der Waals surface area contributed by atoms with Crippen molar-refractivity contribution in [3.63, 3.8) is 0 Å². The van der Waals surface area contributed by atoms with Gasteiger partial charge in [0.25, 0.3) is 0 Å². The number of carbonyl (C=O) groups excluding carboxylic acids is 1. The number of halogens is 4. The molecule has 3 aromatic heterocycles. The SMILES string of the molecule is CC(C)n1cc(C(F)(F)F)nc1-c1ccc(CN2C(=O)CCn3nc(-c4c(Cl)cnn4C(C)C)nc32)cc1OCCO[Si](C)(C)C(C)(C)C. The number of nitrogens with zero attached hydrogens (tertiary/aromatic N) is 8. The molecule has 16 heteroatoms. The Morgan fingerprint density at radius 3 is 2.39 bits per heavy atom. The zero-order valence-corrected chi connectivity index (χ0v) is 31.1. The number of carbonyl (C=O) groups is 1. The van der Waals surface area contributed by atoms with E-state index in [4.69, 9.17) is 25.7 Å². The van der Waals surface area contributed by atoms with Crippen LogP contribution in [0.2, 0.25) is 23.2 Å². The Bertz CT molecular complexity index is 1820. The lowest BCUT2D eigenvalue weighted by Gasteiger charge is -2.36. The number of fused-ring (bicyclic) bond motifs is 1. The number of hydrogen-bond acceptors (Lipinski definition) is 7. The molecule has 0 atom stereocenters. The lowest BCUT2D eigenvalue weighted by molar-refractivity contribution is -0.141. The smallest absolute Gasteiger partial charge is 0.434 e. The molecule has 4 aromatic rings. The molecule has 266 valence electrons. The van der Waals surface area contributed by atoms with Gasteiger partial charge in [0.15, 0.2) is 14.0 Å². The van der Waals surface area contributed by atoms with Crippen molar-refractivity contribution in [2.45, 2.75) is 104 Å². The first-order chi connectivity index (χ1) is 22.8. The van der Waals surface area contributed by atoms with Crippen LogP contribution < -0.4 is 9.64 Å². The summed E-state index contributed by atoms with van der Waals surface area (Å²) in [6.45, 7) is 19.2. The molecule has 0 fully saturated rings. The van der Waals surface area contributed by atoms with Crippen molar-refractivity contribution in [3.8, 4) is 28.7 Å². The molecule has 1 amide bonds. The summed E-state index contributed by atoms with van der Waals surface area (Å²) in [5.41, 5.74) is 0.650. The molecule has 0 aliphatic carbocycles. The van der Waals surface area contributed by atoms with E-state index in [9.17, 15) is 18.0 Å². The lowest BCUT2D eigenvalue weighted by atomic mass is 10.1. The van der Waals surface area contributed by atoms with Gasteiger partial charge in [-0.1, -0.05) is 38.4 Å². The highest BCUT2D eigenvalue weighted by atomic mass is 35.5. The van der Waals surface area contributed by atoms with Crippen LogP contribution in [0.25, 0.3) is 22.9 Å². The fraction of sp³-hybridized carbons (Fsp3) is 0.545. The second-order valence-corrected chi connectivity index (χ2v) is 19.5. The first-order valence-corrected chi connectivity index (χ1v) is 19.6. The molecule has 0 N–H and O–H groups in total. The number of imidazole rings is 1. The van der Waals surface area contributed by atoms with Gasteiger partial charge < -0.3 is 13.7 Å². The van der Waals surface area contributed by atoms with Crippen molar-refractivity contribution in [1.29, 1.82) is 0 Å². The van der Waals surface area contributed by atoms with E-state index in [1.807, 2.05) is 13.8 Å². The molecule has 0 saturated heterocycles. The molecular weight excluding hydrogens is 677 g/mol. The molecular formula is C33H44ClF3N8O3Si. The fourth-order valence-corrected chi connectivity index (χ4v) is 6.51. The van der Waals surface area contributed by atoms with E-state index in [2.05, 4.69) is 49.0 Å². The molecule has 4 heterocycles. The Morgan fingerprint density at radius 2 is 1.76 bits per heavy atom. The van der Waals surface area contributed by atoms with E-state index in [0.29, 0.717) is 52.5 Å². The third-order valence-electron chi connectivity index (χ3n) is 9.00. The molecule has 0 saturated carbocycles. The number of anilines is 1. The third kappa shape index (κ3) is 7.58. The number of amides is 1. The molecule has 0 bridgehead atoms. The summed E-state index contributed by atoms with van der Waals surface area (Å²) >= 11 is 6.48. The molecule has 1 aliphatic rings. The summed E-state index contributed by atoms with van der Waals surface area (Å²) in [5.74, 6) is 1.03. The number of ether oxygens (including phenoxy) is 1. The van der Waals surface area contributed by atoms with E-state index in [1.165, 1.54) is 4.57 Å². The van der Waals surface area contributed by atoms with Gasteiger partial charge in [0, 0.05) is 24.7 Å². The van der Waals surface area contributed by atoms with Crippen LogP contribution in [0.5, 0.6) is 5.75 Å². The molecule has 0 spiro atoms. The van der Waals surface area contributed by atoms with E-state index in [-0.39, 0.29) is 48.4 Å². The summed E-state index contributed by atoms with van der Waals surface area (Å²) in [6.07, 6.45) is -1.84. The van der Waals surface area contributed by atoms with Gasteiger partial charge in [-0.25, -0.2) is 9.67 Å². The van der Waals surface area contributed by atoms with Crippen LogP contribution in [0.4, 0.5) is 19.1 Å². The quantitative estimate of drug-likeness (QED) is 0.114. The largest absolute Gasteiger partial charge is 0.490 e. The van der Waals surface area contributed by atoms with E-state index >= 15 is 0 Å². The van der Waals surface area contributed by atoms with Crippen LogP contribution in [-0.2, 0) is 28.5 Å². The average molecular weight is 721 g/mol. The predicted molar refractivity (Wildman–Crippen MR) is 184 cm³/mol. The Balaban J connectivity index is 1.50. The molecule has 0 radical (unpaired) electrons. The van der Waals surface area contributed by atoms with Crippen molar-refractivity contribution in [1.82, 2.24) is 34.1 Å². The zero-order chi connectivity index (χ0) is 36.1. The molecule has 1 aromatic carbocycles. The van der Waals surface area contributed by atoms with Crippen molar-refractivity contribution in [2.75, 3.05) is 18.1 Å². The molecule has 5 rings (SSSR count). The second kappa shape index (κ2) is 13.6. The number of aromatic nitrogens is 7. The van der Waals surface area contributed by atoms with Crippen molar-refractivity contribution < 1.29 is 27.1 Å². The summed E-state index contributed by atoms with van der Waals surface area (Å²) < 4.78 is 58.8. The number of rotatable bonds is 11. The van der Waals surface area contributed by atoms with Crippen molar-refractivity contribution in [3.05, 3.63) is 46.9 Å². The Kier molecular flexibility index (Phi) is 10.1. The lowest BCUT2D eigenvalue weighted by Crippen LogP contribution is -2.41. The predicted octanol–water partition coefficient (Wildman–Crippen LogP) is 8.18. The van der Waals surface area contributed by atoms with Gasteiger partial charge in [-0.05, 0) is 63.5 Å². The highest BCUT2D eigenvalue weighted by Crippen LogP contribution is 2.39. The van der Waals surface area contributed by atoms with Gasteiger partial charge in [0.05, 0.1) is 36.5 Å². The minimum absolute atomic E-state index is 0.00322. The van der Waals surface area contributed by atoms with E-state index in [0.717, 1.165) is 6.20 Å². The Morgan fingerprint density at radius 1 is 1.04 bits per heavy atom. The number of alkyl halides is 3. The van der Waals surface area contributed by atoms with Crippen LogP contribution >= 0.6 is 11.6 Å². The van der Waals surface area contributed by atoms with Gasteiger partial charge in [0.2, 0.25) is 17.7 Å². The third-order valence-corrected chi connectivity index (χ3v) is 13.8. The van der Waals surface area contributed by atoms with Crippen LogP contribution in [0, 0.1) is 0 Å². The molecule has 0 unspecified atom stereocenters. The van der Waals surface area contributed by atoms with Gasteiger partial charge in [-0.15, -0.1) is 5.10 Å². The first kappa shape index (κ1) is 36.6. The van der Waals surface area contributed by atoms with Crippen LogP contribution in [-0.4, -0.2) is 61.5 Å². The topological polar surface area (TPSA) is 105 Å². The molecule has 1 aliphatic heterocycles. The van der Waals surface area contributed by atoms with Crippen LogP contribution in [0.1, 0.15) is 78.2 Å². The summed E-state index contributed by atoms with van der Waals surface area (Å²) in [6, 6.07) is 4.88. The number of aryl methyl sites for hydroxylation is 1. The summed E-state index contributed by atoms with van der Waals surface area (Å²) in [4.78, 5) is 23.6. The van der Waals surface area contributed by atoms with E-state index < -0.39 is 20.2 Å². The minimum atomic E-state index is -4.62. The normalized spacial score (nSPS) is 14.3. The number of benzene rings is 1. The van der Waals surface area contributed by atoms with Gasteiger partial charge in [-0.3, -0.25) is 14.4 Å². The maximum absolute atomic E-state index is 13.8. The second-order valence-electron chi connectivity index (χ2n) is 14.3. The monoisotopic (exact) mass is 720 g/mol. The highest BCUT2D eigenvalue weighted by molar-refractivity contribution is 6.74. The van der Waals surface area contributed by atoms with Crippen LogP contribution in [0.3, 0.4) is 0 Å². The maximum atomic E-state index is 13.8. The summed E-state index contributed by atoms with van der Waals surface area (Å²) in [5, 5.41) is 9.41. The van der Waals surface area contributed by atoms with E-state index in [1.54, 1.807) is 52.5 Å². The fourth-order valence-electron chi connectivity index (χ4n) is 5.27. The average Bonchev–Trinajstić information content (AvgIpc) is 3.73. The van der Waals surface area contributed by atoms with Crippen LogP contribution in [0.15, 0.2) is 30.6 Å². The van der Waals surface area contributed by atoms with Gasteiger partial charge >= 0.3 is 6.18 Å². The standard InChI is InChI=1S/C33H44ClF3N8O3Si/c1-20(2)42-19-26(33(35,36)37)39-30(42)23-11-10-22(16-25(23)47-14-15-48-49(8,9)32(5,6)7)18-43-27(46)12-13-44-31(43)40-29(41-44)28-24(34)17-38-45(28)21(3)4/h10-11,16-17,19-21H,12-15,18H2,1-9H3. The maximum Gasteiger partial charge on any atom is 0.434 e. The summed E-state index contributed by atoms with van der Waals surface area (Å²) in [7, 11) is -2.07. The van der Waals surface area contributed by atoms with Crippen molar-refractivity contribution >= 4 is 31.8 Å². The van der Waals surface area contributed by atoms with Gasteiger partial charge in [0.1, 0.15) is 23.9 Å². The Hall–Kier alpha value is -3.69. The zero-order valence-electron chi connectivity index (χ0n) is 29.4.